The average molecular weight is 510 g/mol. The maximum absolute atomic E-state index is 14.9. The third-order valence-corrected chi connectivity index (χ3v) is 7.35. The molecule has 1 amide bonds. The summed E-state index contributed by atoms with van der Waals surface area (Å²) in [7, 11) is -2.05. The SMILES string of the molecule is CO/N=C(/C)c1ccc(N2CCN(C(=O)c3cc(S(C)(=O)=O)ccc3-c3ccccc3)CC2)c(F)c1. The number of anilines is 1. The molecule has 3 aromatic rings. The summed E-state index contributed by atoms with van der Waals surface area (Å²) in [5.74, 6) is -0.619. The van der Waals surface area contributed by atoms with Crippen molar-refractivity contribution in [2.24, 2.45) is 5.16 Å². The van der Waals surface area contributed by atoms with Crippen LogP contribution in [0, 0.1) is 5.82 Å². The Bertz CT molecular complexity index is 1400. The molecule has 4 rings (SSSR count). The zero-order valence-corrected chi connectivity index (χ0v) is 21.3. The van der Waals surface area contributed by atoms with Gasteiger partial charge in [-0.25, -0.2) is 12.8 Å². The second kappa shape index (κ2) is 10.5. The summed E-state index contributed by atoms with van der Waals surface area (Å²) in [4.78, 5) is 22.0. The van der Waals surface area contributed by atoms with Crippen LogP contribution >= 0.6 is 0 Å². The van der Waals surface area contributed by atoms with E-state index in [4.69, 9.17) is 4.84 Å². The molecule has 0 spiro atoms. The quantitative estimate of drug-likeness (QED) is 0.367. The Kier molecular flexibility index (Phi) is 7.40. The zero-order chi connectivity index (χ0) is 25.9. The van der Waals surface area contributed by atoms with Gasteiger partial charge in [0.15, 0.2) is 9.84 Å². The van der Waals surface area contributed by atoms with E-state index in [1.807, 2.05) is 35.2 Å². The van der Waals surface area contributed by atoms with Gasteiger partial charge in [-0.15, -0.1) is 0 Å². The fourth-order valence-corrected chi connectivity index (χ4v) is 4.95. The number of benzene rings is 3. The molecular weight excluding hydrogens is 481 g/mol. The maximum atomic E-state index is 14.9. The molecule has 0 aromatic heterocycles. The molecule has 7 nitrogen and oxygen atoms in total. The molecule has 1 fully saturated rings. The first kappa shape index (κ1) is 25.4. The maximum Gasteiger partial charge on any atom is 0.254 e. The van der Waals surface area contributed by atoms with Gasteiger partial charge >= 0.3 is 0 Å². The molecule has 36 heavy (non-hydrogen) atoms. The summed E-state index contributed by atoms with van der Waals surface area (Å²) < 4.78 is 39.2. The topological polar surface area (TPSA) is 79.3 Å². The first-order valence-electron chi connectivity index (χ1n) is 11.5. The van der Waals surface area contributed by atoms with E-state index in [0.717, 1.165) is 11.8 Å². The van der Waals surface area contributed by atoms with E-state index in [9.17, 15) is 17.6 Å². The third-order valence-electron chi connectivity index (χ3n) is 6.24. The lowest BCUT2D eigenvalue weighted by molar-refractivity contribution is 0.0747. The van der Waals surface area contributed by atoms with Crippen molar-refractivity contribution in [3.63, 3.8) is 0 Å². The van der Waals surface area contributed by atoms with Gasteiger partial charge in [0.1, 0.15) is 12.9 Å². The predicted molar refractivity (Wildman–Crippen MR) is 139 cm³/mol. The molecular formula is C27H28FN3O4S. The third kappa shape index (κ3) is 5.41. The summed E-state index contributed by atoms with van der Waals surface area (Å²) in [6, 6.07) is 19.0. The van der Waals surface area contributed by atoms with Gasteiger partial charge in [-0.2, -0.15) is 0 Å². The Morgan fingerprint density at radius 1 is 0.972 bits per heavy atom. The van der Waals surface area contributed by atoms with Crippen LogP contribution < -0.4 is 4.90 Å². The predicted octanol–water partition coefficient (Wildman–Crippen LogP) is 4.23. The van der Waals surface area contributed by atoms with Crippen molar-refractivity contribution in [1.29, 1.82) is 0 Å². The van der Waals surface area contributed by atoms with Gasteiger partial charge < -0.3 is 14.6 Å². The lowest BCUT2D eigenvalue weighted by atomic mass is 9.98. The number of amides is 1. The lowest BCUT2D eigenvalue weighted by Crippen LogP contribution is -2.49. The van der Waals surface area contributed by atoms with Gasteiger partial charge in [0, 0.05) is 43.6 Å². The molecule has 0 aliphatic carbocycles. The molecule has 0 bridgehead atoms. The summed E-state index contributed by atoms with van der Waals surface area (Å²) in [5.41, 5.74) is 3.50. The van der Waals surface area contributed by atoms with Gasteiger partial charge in [-0.3, -0.25) is 4.79 Å². The molecule has 1 aliphatic rings. The van der Waals surface area contributed by atoms with E-state index in [1.165, 1.54) is 25.3 Å². The molecule has 0 unspecified atom stereocenters. The van der Waals surface area contributed by atoms with E-state index < -0.39 is 9.84 Å². The lowest BCUT2D eigenvalue weighted by Gasteiger charge is -2.36. The largest absolute Gasteiger partial charge is 0.399 e. The van der Waals surface area contributed by atoms with Crippen LogP contribution in [0.25, 0.3) is 11.1 Å². The van der Waals surface area contributed by atoms with Crippen LogP contribution in [-0.2, 0) is 14.7 Å². The molecule has 9 heteroatoms. The summed E-state index contributed by atoms with van der Waals surface area (Å²) in [5, 5.41) is 3.84. The normalized spacial score (nSPS) is 14.6. The molecule has 3 aromatic carbocycles. The van der Waals surface area contributed by atoms with Gasteiger partial charge in [-0.1, -0.05) is 47.6 Å². The molecule has 188 valence electrons. The van der Waals surface area contributed by atoms with Gasteiger partial charge in [0.2, 0.25) is 0 Å². The van der Waals surface area contributed by atoms with Crippen molar-refractivity contribution in [2.45, 2.75) is 11.8 Å². The van der Waals surface area contributed by atoms with Gasteiger partial charge in [-0.05, 0) is 42.3 Å². The second-order valence-electron chi connectivity index (χ2n) is 8.65. The standard InChI is InChI=1S/C27H28FN3O4S/c1-19(29-35-2)21-9-12-26(25(28)17-21)30-13-15-31(16-14-30)27(32)24-18-22(36(3,33)34)10-11-23(24)20-7-5-4-6-8-20/h4-12,17-18H,13-16H2,1-3H3/b29-19-. The summed E-state index contributed by atoms with van der Waals surface area (Å²) in [6.07, 6.45) is 1.12. The number of carbonyl (C=O) groups excluding carboxylic acids is 1. The van der Waals surface area contributed by atoms with E-state index in [0.29, 0.717) is 54.3 Å². The summed E-state index contributed by atoms with van der Waals surface area (Å²) >= 11 is 0. The molecule has 0 radical (unpaired) electrons. The van der Waals surface area contributed by atoms with Crippen LogP contribution in [-0.4, -0.2) is 64.5 Å². The first-order valence-corrected chi connectivity index (χ1v) is 13.4. The number of oxime groups is 1. The van der Waals surface area contributed by atoms with Crippen LogP contribution in [0.1, 0.15) is 22.8 Å². The fourth-order valence-electron chi connectivity index (χ4n) is 4.30. The van der Waals surface area contributed by atoms with E-state index in [-0.39, 0.29) is 16.6 Å². The first-order chi connectivity index (χ1) is 17.2. The molecule has 0 saturated carbocycles. The number of halogens is 1. The summed E-state index contributed by atoms with van der Waals surface area (Å²) in [6.45, 7) is 3.38. The smallest absolute Gasteiger partial charge is 0.254 e. The minimum absolute atomic E-state index is 0.0960. The van der Waals surface area contributed by atoms with Crippen molar-refractivity contribution in [1.82, 2.24) is 4.90 Å². The van der Waals surface area contributed by atoms with Gasteiger partial charge in [0.05, 0.1) is 16.3 Å². The van der Waals surface area contributed by atoms with Gasteiger partial charge in [0.25, 0.3) is 5.91 Å². The van der Waals surface area contributed by atoms with Crippen molar-refractivity contribution in [2.75, 3.05) is 44.4 Å². The monoisotopic (exact) mass is 509 g/mol. The zero-order valence-electron chi connectivity index (χ0n) is 20.4. The van der Waals surface area contributed by atoms with Crippen LogP contribution in [0.3, 0.4) is 0 Å². The minimum atomic E-state index is -3.49. The highest BCUT2D eigenvalue weighted by molar-refractivity contribution is 7.90. The highest BCUT2D eigenvalue weighted by Crippen LogP contribution is 2.29. The Morgan fingerprint density at radius 2 is 1.67 bits per heavy atom. The van der Waals surface area contributed by atoms with Crippen molar-refractivity contribution < 1.29 is 22.4 Å². The Hall–Kier alpha value is -3.72. The van der Waals surface area contributed by atoms with Crippen molar-refractivity contribution >= 4 is 27.1 Å². The fraction of sp³-hybridized carbons (Fsp3) is 0.259. The van der Waals surface area contributed by atoms with Crippen molar-refractivity contribution in [3.8, 4) is 11.1 Å². The van der Waals surface area contributed by atoms with Crippen LogP contribution in [0.15, 0.2) is 76.8 Å². The number of hydrogen-bond acceptors (Lipinski definition) is 6. The molecule has 1 heterocycles. The highest BCUT2D eigenvalue weighted by atomic mass is 32.2. The molecule has 1 saturated heterocycles. The highest BCUT2D eigenvalue weighted by Gasteiger charge is 2.26. The Balaban J connectivity index is 1.56. The average Bonchev–Trinajstić information content (AvgIpc) is 2.88. The second-order valence-corrected chi connectivity index (χ2v) is 10.7. The van der Waals surface area contributed by atoms with Crippen LogP contribution in [0.5, 0.6) is 0 Å². The number of rotatable bonds is 6. The number of sulfone groups is 1. The molecule has 0 N–H and O–H groups in total. The minimum Gasteiger partial charge on any atom is -0.399 e. The molecule has 0 atom stereocenters. The number of nitrogens with zero attached hydrogens (tertiary/aromatic N) is 3. The Morgan fingerprint density at radius 3 is 2.28 bits per heavy atom. The van der Waals surface area contributed by atoms with Crippen LogP contribution in [0.4, 0.5) is 10.1 Å². The van der Waals surface area contributed by atoms with Crippen molar-refractivity contribution in [3.05, 3.63) is 83.7 Å². The van der Waals surface area contributed by atoms with E-state index >= 15 is 0 Å². The Labute approximate surface area is 210 Å². The van der Waals surface area contributed by atoms with Crippen LogP contribution in [0.2, 0.25) is 0 Å². The number of hydrogen-bond donors (Lipinski definition) is 0. The number of carbonyl (C=O) groups is 1. The molecule has 1 aliphatic heterocycles. The van der Waals surface area contributed by atoms with E-state index in [2.05, 4.69) is 5.16 Å². The van der Waals surface area contributed by atoms with E-state index in [1.54, 1.807) is 30.0 Å². The number of piperazine rings is 1.